The maximum atomic E-state index is 12.1. The molecule has 144 valence electrons. The van der Waals surface area contributed by atoms with Crippen LogP contribution in [0.4, 0.5) is 5.69 Å². The number of anilines is 1. The second kappa shape index (κ2) is 9.77. The van der Waals surface area contributed by atoms with Crippen LogP contribution in [0, 0.1) is 0 Å². The van der Waals surface area contributed by atoms with E-state index in [2.05, 4.69) is 5.32 Å². The predicted octanol–water partition coefficient (Wildman–Crippen LogP) is 1.78. The van der Waals surface area contributed by atoms with Crippen LogP contribution in [0.15, 0.2) is 35.4 Å². The number of carbonyl (C=O) groups is 4. The molecule has 1 aliphatic heterocycles. The van der Waals surface area contributed by atoms with Crippen molar-refractivity contribution in [1.29, 1.82) is 0 Å². The average molecular weight is 392 g/mol. The molecule has 1 aromatic carbocycles. The number of nitrogens with one attached hydrogen (secondary N) is 1. The van der Waals surface area contributed by atoms with Crippen molar-refractivity contribution in [2.24, 2.45) is 0 Å². The summed E-state index contributed by atoms with van der Waals surface area (Å²) in [7, 11) is 0. The van der Waals surface area contributed by atoms with Crippen LogP contribution < -0.4 is 5.32 Å². The molecule has 1 saturated heterocycles. The van der Waals surface area contributed by atoms with E-state index >= 15 is 0 Å². The van der Waals surface area contributed by atoms with Crippen molar-refractivity contribution in [3.05, 3.63) is 40.9 Å². The number of benzene rings is 1. The van der Waals surface area contributed by atoms with Gasteiger partial charge in [-0.3, -0.25) is 9.59 Å². The standard InChI is InChI=1S/C18H20N2O6S/c1-3-25-17(23)10-16-20(15(22)11-27-16)8-9-26-18(24)13-4-6-14(7-5-13)19-12(2)21/h4-7,10H,3,8-9,11H2,1-2H3,(H,19,21)/b16-10-. The summed E-state index contributed by atoms with van der Waals surface area (Å²) in [4.78, 5) is 47.9. The molecular formula is C18H20N2O6S. The number of thioether (sulfide) groups is 1. The van der Waals surface area contributed by atoms with Crippen LogP contribution >= 0.6 is 11.8 Å². The Morgan fingerprint density at radius 1 is 1.22 bits per heavy atom. The van der Waals surface area contributed by atoms with E-state index in [9.17, 15) is 19.2 Å². The summed E-state index contributed by atoms with van der Waals surface area (Å²) < 4.78 is 10.0. The van der Waals surface area contributed by atoms with Crippen LogP contribution in [0.25, 0.3) is 0 Å². The molecule has 0 aromatic heterocycles. The van der Waals surface area contributed by atoms with E-state index < -0.39 is 11.9 Å². The minimum absolute atomic E-state index is 0.0151. The molecule has 9 heteroatoms. The molecule has 2 amide bonds. The van der Waals surface area contributed by atoms with Crippen molar-refractivity contribution < 1.29 is 28.7 Å². The second-order valence-corrected chi connectivity index (χ2v) is 6.46. The van der Waals surface area contributed by atoms with Gasteiger partial charge in [-0.25, -0.2) is 9.59 Å². The molecule has 1 aromatic rings. The van der Waals surface area contributed by atoms with Crippen molar-refractivity contribution in [2.75, 3.05) is 30.8 Å². The van der Waals surface area contributed by atoms with Crippen molar-refractivity contribution in [3.8, 4) is 0 Å². The van der Waals surface area contributed by atoms with Gasteiger partial charge in [-0.1, -0.05) is 11.8 Å². The third-order valence-corrected chi connectivity index (χ3v) is 4.45. The van der Waals surface area contributed by atoms with Gasteiger partial charge in [0.1, 0.15) is 6.61 Å². The summed E-state index contributed by atoms with van der Waals surface area (Å²) in [6, 6.07) is 6.27. The fraction of sp³-hybridized carbons (Fsp3) is 0.333. The summed E-state index contributed by atoms with van der Waals surface area (Å²) in [6.07, 6.45) is 1.27. The maximum Gasteiger partial charge on any atom is 0.338 e. The highest BCUT2D eigenvalue weighted by Gasteiger charge is 2.27. The molecule has 0 atom stereocenters. The first-order valence-electron chi connectivity index (χ1n) is 8.27. The monoisotopic (exact) mass is 392 g/mol. The minimum Gasteiger partial charge on any atom is -0.463 e. The van der Waals surface area contributed by atoms with E-state index in [4.69, 9.17) is 9.47 Å². The van der Waals surface area contributed by atoms with Crippen LogP contribution in [0.1, 0.15) is 24.2 Å². The molecule has 0 saturated carbocycles. The number of rotatable bonds is 7. The molecule has 0 aliphatic carbocycles. The maximum absolute atomic E-state index is 12.1. The lowest BCUT2D eigenvalue weighted by Gasteiger charge is -2.16. The molecule has 0 spiro atoms. The van der Waals surface area contributed by atoms with Crippen LogP contribution in [-0.4, -0.2) is 54.2 Å². The van der Waals surface area contributed by atoms with Crippen LogP contribution in [-0.2, 0) is 23.9 Å². The fourth-order valence-electron chi connectivity index (χ4n) is 2.26. The Morgan fingerprint density at radius 2 is 1.93 bits per heavy atom. The summed E-state index contributed by atoms with van der Waals surface area (Å²) in [5, 5.41) is 3.08. The van der Waals surface area contributed by atoms with Gasteiger partial charge in [0.25, 0.3) is 0 Å². The molecule has 2 rings (SSSR count). The lowest BCUT2D eigenvalue weighted by atomic mass is 10.2. The Hall–Kier alpha value is -2.81. The SMILES string of the molecule is CCOC(=O)/C=C1\SCC(=O)N1CCOC(=O)c1ccc(NC(C)=O)cc1. The van der Waals surface area contributed by atoms with E-state index in [0.717, 1.165) is 0 Å². The molecule has 27 heavy (non-hydrogen) atoms. The normalized spacial score (nSPS) is 15.0. The summed E-state index contributed by atoms with van der Waals surface area (Å²) in [5.41, 5.74) is 0.904. The van der Waals surface area contributed by atoms with Crippen molar-refractivity contribution in [3.63, 3.8) is 0 Å². The van der Waals surface area contributed by atoms with Gasteiger partial charge in [-0.2, -0.15) is 0 Å². The second-order valence-electron chi connectivity index (χ2n) is 5.46. The quantitative estimate of drug-likeness (QED) is 0.557. The number of nitrogens with zero attached hydrogens (tertiary/aromatic N) is 1. The van der Waals surface area contributed by atoms with Gasteiger partial charge in [0.05, 0.1) is 35.6 Å². The minimum atomic E-state index is -0.542. The van der Waals surface area contributed by atoms with Gasteiger partial charge in [0.2, 0.25) is 11.8 Å². The van der Waals surface area contributed by atoms with E-state index in [-0.39, 0.29) is 37.3 Å². The zero-order chi connectivity index (χ0) is 19.8. The number of ether oxygens (including phenoxy) is 2. The summed E-state index contributed by atoms with van der Waals surface area (Å²) in [6.45, 7) is 3.47. The average Bonchev–Trinajstić information content (AvgIpc) is 2.95. The first-order valence-corrected chi connectivity index (χ1v) is 9.25. The Kier molecular flexibility index (Phi) is 7.42. The first-order chi connectivity index (χ1) is 12.9. The van der Waals surface area contributed by atoms with Crippen molar-refractivity contribution >= 4 is 41.2 Å². The van der Waals surface area contributed by atoms with E-state index in [1.54, 1.807) is 19.1 Å². The van der Waals surface area contributed by atoms with Gasteiger partial charge in [0, 0.05) is 12.6 Å². The Morgan fingerprint density at radius 3 is 2.56 bits per heavy atom. The number of amides is 2. The number of hydrogen-bond donors (Lipinski definition) is 1. The Balaban J connectivity index is 1.88. The summed E-state index contributed by atoms with van der Waals surface area (Å²) >= 11 is 1.24. The zero-order valence-electron chi connectivity index (χ0n) is 15.0. The molecular weight excluding hydrogens is 372 g/mol. The van der Waals surface area contributed by atoms with Crippen LogP contribution in [0.2, 0.25) is 0 Å². The molecule has 1 N–H and O–H groups in total. The lowest BCUT2D eigenvalue weighted by Crippen LogP contribution is -2.29. The van der Waals surface area contributed by atoms with E-state index in [1.165, 1.54) is 41.8 Å². The van der Waals surface area contributed by atoms with Crippen molar-refractivity contribution in [1.82, 2.24) is 4.90 Å². The van der Waals surface area contributed by atoms with E-state index in [1.807, 2.05) is 0 Å². The van der Waals surface area contributed by atoms with Crippen LogP contribution in [0.3, 0.4) is 0 Å². The number of esters is 2. The third-order valence-electron chi connectivity index (χ3n) is 3.43. The third kappa shape index (κ3) is 6.14. The van der Waals surface area contributed by atoms with Crippen LogP contribution in [0.5, 0.6) is 0 Å². The molecule has 0 unspecified atom stereocenters. The largest absolute Gasteiger partial charge is 0.463 e. The zero-order valence-corrected chi connectivity index (χ0v) is 15.8. The van der Waals surface area contributed by atoms with Gasteiger partial charge in [0.15, 0.2) is 0 Å². The highest BCUT2D eigenvalue weighted by atomic mass is 32.2. The smallest absolute Gasteiger partial charge is 0.338 e. The highest BCUT2D eigenvalue weighted by Crippen LogP contribution is 2.28. The van der Waals surface area contributed by atoms with E-state index in [0.29, 0.717) is 16.3 Å². The topological polar surface area (TPSA) is 102 Å². The Bertz CT molecular complexity index is 760. The molecule has 1 aliphatic rings. The number of carbonyl (C=O) groups excluding carboxylic acids is 4. The summed E-state index contributed by atoms with van der Waals surface area (Å²) in [5.74, 6) is -1.20. The fourth-order valence-corrected chi connectivity index (χ4v) is 3.22. The van der Waals surface area contributed by atoms with Crippen molar-refractivity contribution in [2.45, 2.75) is 13.8 Å². The molecule has 0 radical (unpaired) electrons. The Labute approximate surface area is 160 Å². The number of hydrogen-bond acceptors (Lipinski definition) is 7. The molecule has 0 bridgehead atoms. The molecule has 1 fully saturated rings. The predicted molar refractivity (Wildman–Crippen MR) is 99.9 cm³/mol. The lowest BCUT2D eigenvalue weighted by molar-refractivity contribution is -0.137. The van der Waals surface area contributed by atoms with Gasteiger partial charge in [-0.05, 0) is 31.2 Å². The highest BCUT2D eigenvalue weighted by molar-refractivity contribution is 8.04. The molecule has 8 nitrogen and oxygen atoms in total. The van der Waals surface area contributed by atoms with Gasteiger partial charge in [-0.15, -0.1) is 0 Å². The van der Waals surface area contributed by atoms with Gasteiger partial charge < -0.3 is 19.7 Å². The van der Waals surface area contributed by atoms with Gasteiger partial charge >= 0.3 is 11.9 Å². The first kappa shape index (κ1) is 20.5. The molecule has 1 heterocycles.